The van der Waals surface area contributed by atoms with Gasteiger partial charge in [0.05, 0.1) is 11.4 Å². The summed E-state index contributed by atoms with van der Waals surface area (Å²) in [5, 5.41) is 3.72. The number of anilines is 2. The maximum absolute atomic E-state index is 13.7. The van der Waals surface area contributed by atoms with Crippen molar-refractivity contribution >= 4 is 34.5 Å². The lowest BCUT2D eigenvalue weighted by molar-refractivity contribution is -0.126. The smallest absolute Gasteiger partial charge is 0.266 e. The Bertz CT molecular complexity index is 1100. The van der Waals surface area contributed by atoms with Gasteiger partial charge >= 0.3 is 0 Å². The van der Waals surface area contributed by atoms with Gasteiger partial charge in [-0.3, -0.25) is 14.4 Å². The van der Waals surface area contributed by atoms with Crippen molar-refractivity contribution in [1.29, 1.82) is 0 Å². The predicted molar refractivity (Wildman–Crippen MR) is 117 cm³/mol. The largest absolute Gasteiger partial charge is 0.273 e. The molecule has 3 heterocycles. The molecule has 6 heteroatoms. The number of thiophene rings is 1. The summed E-state index contributed by atoms with van der Waals surface area (Å²) in [5.74, 6) is -1.08. The van der Waals surface area contributed by atoms with Crippen LogP contribution in [0, 0.1) is 26.7 Å². The van der Waals surface area contributed by atoms with Gasteiger partial charge in [0, 0.05) is 4.88 Å². The van der Waals surface area contributed by atoms with E-state index in [0.717, 1.165) is 27.3 Å². The van der Waals surface area contributed by atoms with Crippen molar-refractivity contribution in [3.63, 3.8) is 0 Å². The molecule has 3 atom stereocenters. The van der Waals surface area contributed by atoms with Crippen molar-refractivity contribution in [2.45, 2.75) is 32.9 Å². The summed E-state index contributed by atoms with van der Waals surface area (Å²) >= 11 is 1.57. The zero-order valence-electron chi connectivity index (χ0n) is 17.0. The van der Waals surface area contributed by atoms with Gasteiger partial charge < -0.3 is 0 Å². The molecule has 152 valence electrons. The van der Waals surface area contributed by atoms with Crippen LogP contribution in [0.3, 0.4) is 0 Å². The molecule has 5 nitrogen and oxygen atoms in total. The molecule has 2 aliphatic rings. The van der Waals surface area contributed by atoms with Crippen molar-refractivity contribution < 1.29 is 14.4 Å². The fourth-order valence-electron chi connectivity index (χ4n) is 4.71. The first-order chi connectivity index (χ1) is 14.5. The van der Waals surface area contributed by atoms with Crippen LogP contribution in [0.2, 0.25) is 0 Å². The van der Waals surface area contributed by atoms with E-state index in [1.807, 2.05) is 80.7 Å². The zero-order chi connectivity index (χ0) is 21.0. The van der Waals surface area contributed by atoms with Crippen LogP contribution in [-0.4, -0.2) is 17.9 Å². The minimum absolute atomic E-state index is 0.197. The van der Waals surface area contributed by atoms with E-state index in [9.17, 15) is 9.59 Å². The fraction of sp³-hybridized carbons (Fsp3) is 0.250. The highest BCUT2D eigenvalue weighted by Gasteiger charge is 2.60. The summed E-state index contributed by atoms with van der Waals surface area (Å²) < 4.78 is 0. The lowest BCUT2D eigenvalue weighted by Gasteiger charge is -2.28. The van der Waals surface area contributed by atoms with Gasteiger partial charge in [-0.2, -0.15) is 0 Å². The first-order valence-electron chi connectivity index (χ1n) is 9.97. The van der Waals surface area contributed by atoms with Crippen molar-refractivity contribution in [1.82, 2.24) is 0 Å². The maximum Gasteiger partial charge on any atom is 0.266 e. The number of nitrogens with zero attached hydrogens (tertiary/aromatic N) is 2. The molecule has 1 aromatic heterocycles. The number of benzene rings is 2. The number of para-hydroxylation sites is 1. The quantitative estimate of drug-likeness (QED) is 0.578. The minimum atomic E-state index is -0.829. The second kappa shape index (κ2) is 7.07. The lowest BCUT2D eigenvalue weighted by atomic mass is 9.95. The van der Waals surface area contributed by atoms with Crippen LogP contribution < -0.4 is 9.96 Å². The summed E-state index contributed by atoms with van der Waals surface area (Å²) in [7, 11) is 0. The molecule has 3 aromatic rings. The summed E-state index contributed by atoms with van der Waals surface area (Å²) in [5.41, 5.74) is 4.46. The van der Waals surface area contributed by atoms with Crippen molar-refractivity contribution in [3.8, 4) is 0 Å². The monoisotopic (exact) mass is 418 g/mol. The summed E-state index contributed by atoms with van der Waals surface area (Å²) in [4.78, 5) is 35.6. The second-order valence-electron chi connectivity index (χ2n) is 7.93. The molecule has 2 fully saturated rings. The molecule has 2 aliphatic heterocycles. The van der Waals surface area contributed by atoms with Gasteiger partial charge in [-0.15, -0.1) is 11.3 Å². The Morgan fingerprint density at radius 3 is 2.23 bits per heavy atom. The van der Waals surface area contributed by atoms with Gasteiger partial charge in [0.15, 0.2) is 6.10 Å². The number of imide groups is 1. The molecule has 30 heavy (non-hydrogen) atoms. The fourth-order valence-corrected chi connectivity index (χ4v) is 5.56. The third kappa shape index (κ3) is 2.79. The second-order valence-corrected chi connectivity index (χ2v) is 8.91. The maximum atomic E-state index is 13.7. The van der Waals surface area contributed by atoms with E-state index < -0.39 is 12.0 Å². The number of hydrogen-bond acceptors (Lipinski definition) is 5. The SMILES string of the molecule is Cc1cc(C)c(N2C(=O)[C@H]3[C@H](ON(c4ccccc4)[C@@H]3c3cccs3)C2=O)c(C)c1. The van der Waals surface area contributed by atoms with E-state index in [1.165, 1.54) is 4.90 Å². The molecule has 2 amide bonds. The number of carbonyl (C=O) groups excluding carboxylic acids is 2. The Hall–Kier alpha value is -2.96. The summed E-state index contributed by atoms with van der Waals surface area (Å²) in [6.45, 7) is 5.90. The number of aryl methyl sites for hydroxylation is 3. The normalized spacial score (nSPS) is 23.4. The highest BCUT2D eigenvalue weighted by Crippen LogP contribution is 2.49. The van der Waals surface area contributed by atoms with Crippen LogP contribution in [0.5, 0.6) is 0 Å². The Labute approximate surface area is 179 Å². The van der Waals surface area contributed by atoms with E-state index in [2.05, 4.69) is 0 Å². The average Bonchev–Trinajstić information content (AvgIpc) is 3.42. The lowest BCUT2D eigenvalue weighted by Crippen LogP contribution is -2.38. The van der Waals surface area contributed by atoms with Gasteiger partial charge in [-0.1, -0.05) is 42.0 Å². The molecule has 0 unspecified atom stereocenters. The van der Waals surface area contributed by atoms with Crippen LogP contribution in [0.15, 0.2) is 60.0 Å². The minimum Gasteiger partial charge on any atom is -0.273 e. The van der Waals surface area contributed by atoms with Crippen LogP contribution in [0.4, 0.5) is 11.4 Å². The van der Waals surface area contributed by atoms with Crippen LogP contribution in [0.1, 0.15) is 27.6 Å². The van der Waals surface area contributed by atoms with Gasteiger partial charge in [-0.05, 0) is 55.5 Å². The van der Waals surface area contributed by atoms with E-state index in [1.54, 1.807) is 16.4 Å². The van der Waals surface area contributed by atoms with Gasteiger partial charge in [0.1, 0.15) is 12.0 Å². The van der Waals surface area contributed by atoms with Crippen molar-refractivity contribution in [3.05, 3.63) is 81.5 Å². The van der Waals surface area contributed by atoms with Crippen molar-refractivity contribution in [2.24, 2.45) is 5.92 Å². The standard InChI is InChI=1S/C24H22N2O3S/c1-14-12-15(2)20(16(3)13-14)25-23(27)19-21(18-10-7-11-30-18)26(29-22(19)24(25)28)17-8-5-4-6-9-17/h4-13,19,21-22H,1-3H3/t19-,21-,22+/m1/s1. The molecular weight excluding hydrogens is 396 g/mol. The predicted octanol–water partition coefficient (Wildman–Crippen LogP) is 4.72. The molecule has 0 radical (unpaired) electrons. The van der Waals surface area contributed by atoms with E-state index in [-0.39, 0.29) is 17.9 Å². The summed E-state index contributed by atoms with van der Waals surface area (Å²) in [6, 6.07) is 17.3. The Kier molecular flexibility index (Phi) is 4.49. The number of rotatable bonds is 3. The van der Waals surface area contributed by atoms with Crippen molar-refractivity contribution in [2.75, 3.05) is 9.96 Å². The molecular formula is C24H22N2O3S. The molecule has 5 rings (SSSR count). The van der Waals surface area contributed by atoms with E-state index in [4.69, 9.17) is 4.84 Å². The Morgan fingerprint density at radius 1 is 0.900 bits per heavy atom. The number of hydrogen-bond donors (Lipinski definition) is 0. The highest BCUT2D eigenvalue weighted by atomic mass is 32.1. The molecule has 2 aromatic carbocycles. The molecule has 0 aliphatic carbocycles. The molecule has 0 N–H and O–H groups in total. The van der Waals surface area contributed by atoms with Gasteiger partial charge in [-0.25, -0.2) is 9.96 Å². The van der Waals surface area contributed by atoms with E-state index in [0.29, 0.717) is 5.69 Å². The summed E-state index contributed by atoms with van der Waals surface area (Å²) in [6.07, 6.45) is -0.829. The average molecular weight is 419 g/mol. The number of hydroxylamine groups is 1. The molecule has 0 bridgehead atoms. The first kappa shape index (κ1) is 19.0. The number of fused-ring (bicyclic) bond motifs is 1. The molecule has 0 saturated carbocycles. The first-order valence-corrected chi connectivity index (χ1v) is 10.9. The van der Waals surface area contributed by atoms with Gasteiger partial charge in [0.2, 0.25) is 5.91 Å². The Balaban J connectivity index is 1.60. The third-order valence-corrected chi connectivity index (χ3v) is 6.76. The van der Waals surface area contributed by atoms with E-state index >= 15 is 0 Å². The topological polar surface area (TPSA) is 49.9 Å². The zero-order valence-corrected chi connectivity index (χ0v) is 17.8. The van der Waals surface area contributed by atoms with Crippen LogP contribution in [-0.2, 0) is 14.4 Å². The third-order valence-electron chi connectivity index (χ3n) is 5.82. The van der Waals surface area contributed by atoms with Crippen LogP contribution >= 0.6 is 11.3 Å². The van der Waals surface area contributed by atoms with Crippen LogP contribution in [0.25, 0.3) is 0 Å². The molecule has 0 spiro atoms. The number of carbonyl (C=O) groups is 2. The Morgan fingerprint density at radius 2 is 1.60 bits per heavy atom. The highest BCUT2D eigenvalue weighted by molar-refractivity contribution is 7.10. The molecule has 2 saturated heterocycles. The van der Waals surface area contributed by atoms with Gasteiger partial charge in [0.25, 0.3) is 5.91 Å². The number of amides is 2.